The van der Waals surface area contributed by atoms with Crippen molar-refractivity contribution in [2.45, 2.75) is 19.3 Å². The molecule has 0 bridgehead atoms. The van der Waals surface area contributed by atoms with Gasteiger partial charge in [0.15, 0.2) is 5.96 Å². The first-order chi connectivity index (χ1) is 12.1. The average molecular weight is 495 g/mol. The smallest absolute Gasteiger partial charge is 0.220 e. The predicted molar refractivity (Wildman–Crippen MR) is 117 cm³/mol. The lowest BCUT2D eigenvalue weighted by atomic mass is 9.93. The van der Waals surface area contributed by atoms with E-state index in [0.29, 0.717) is 30.5 Å². The van der Waals surface area contributed by atoms with Crippen LogP contribution in [0.5, 0.6) is 5.75 Å². The molecule has 1 aromatic rings. The predicted octanol–water partition coefficient (Wildman–Crippen LogP) is 2.76. The molecule has 0 radical (unpaired) electrons. The molecule has 8 heteroatoms. The fraction of sp³-hybridized carbons (Fsp3) is 0.556. The summed E-state index contributed by atoms with van der Waals surface area (Å²) in [5, 5.41) is 6.69. The summed E-state index contributed by atoms with van der Waals surface area (Å²) in [7, 11) is 3.48. The highest BCUT2D eigenvalue weighted by atomic mass is 127. The first-order valence-corrected chi connectivity index (χ1v) is 9.04. The highest BCUT2D eigenvalue weighted by Crippen LogP contribution is 2.20. The first-order valence-electron chi connectivity index (χ1n) is 8.67. The van der Waals surface area contributed by atoms with Crippen LogP contribution in [-0.2, 0) is 4.79 Å². The number of likely N-dealkylation sites (tertiary alicyclic amines) is 1. The van der Waals surface area contributed by atoms with Crippen LogP contribution in [-0.4, -0.2) is 57.1 Å². The van der Waals surface area contributed by atoms with Crippen LogP contribution in [0, 0.1) is 5.92 Å². The van der Waals surface area contributed by atoms with Crippen molar-refractivity contribution in [1.29, 1.82) is 0 Å². The lowest BCUT2D eigenvalue weighted by Crippen LogP contribution is -2.46. The Morgan fingerprint density at radius 3 is 2.73 bits per heavy atom. The Bertz CT molecular complexity index is 592. The number of carbonyl (C=O) groups excluding carboxylic acids is 1. The van der Waals surface area contributed by atoms with Crippen LogP contribution in [0.2, 0.25) is 5.02 Å². The maximum Gasteiger partial charge on any atom is 0.220 e. The van der Waals surface area contributed by atoms with Gasteiger partial charge >= 0.3 is 0 Å². The molecule has 1 aromatic carbocycles. The third-order valence-electron chi connectivity index (χ3n) is 4.33. The van der Waals surface area contributed by atoms with Gasteiger partial charge in [-0.25, -0.2) is 0 Å². The molecule has 1 fully saturated rings. The first kappa shape index (κ1) is 22.8. The zero-order chi connectivity index (χ0) is 18.1. The van der Waals surface area contributed by atoms with E-state index in [1.807, 2.05) is 18.2 Å². The number of halogens is 2. The molecule has 1 aliphatic heterocycles. The van der Waals surface area contributed by atoms with Gasteiger partial charge in [-0.2, -0.15) is 0 Å². The summed E-state index contributed by atoms with van der Waals surface area (Å²) < 4.78 is 5.68. The summed E-state index contributed by atoms with van der Waals surface area (Å²) in [6.07, 6.45) is 2.63. The van der Waals surface area contributed by atoms with Gasteiger partial charge in [0, 0.05) is 38.6 Å². The third kappa shape index (κ3) is 7.57. The molecule has 0 saturated carbocycles. The average Bonchev–Trinajstić information content (AvgIpc) is 2.63. The Hall–Kier alpha value is -1.22. The molecule has 6 nitrogen and oxygen atoms in total. The van der Waals surface area contributed by atoms with Crippen molar-refractivity contribution < 1.29 is 9.53 Å². The number of nitrogens with one attached hydrogen (secondary N) is 2. The van der Waals surface area contributed by atoms with Crippen LogP contribution in [0.1, 0.15) is 19.3 Å². The lowest BCUT2D eigenvalue weighted by molar-refractivity contribution is -0.121. The highest BCUT2D eigenvalue weighted by molar-refractivity contribution is 14.0. The van der Waals surface area contributed by atoms with Crippen molar-refractivity contribution in [2.75, 3.05) is 40.3 Å². The Labute approximate surface area is 177 Å². The van der Waals surface area contributed by atoms with E-state index in [0.717, 1.165) is 37.6 Å². The zero-order valence-corrected chi connectivity index (χ0v) is 18.4. The standard InChI is InChI=1S/C18H27ClN4O2.HI/c1-20-17(24)12-14-6-9-23(10-7-14)18(21-2)22-8-11-25-16-5-3-4-15(19)13-16;/h3-5,13-14H,6-12H2,1-2H3,(H,20,24)(H,21,22);1H. The van der Waals surface area contributed by atoms with Gasteiger partial charge in [-0.15, -0.1) is 24.0 Å². The molecule has 0 atom stereocenters. The summed E-state index contributed by atoms with van der Waals surface area (Å²) in [6.45, 7) is 3.02. The largest absolute Gasteiger partial charge is 0.492 e. The van der Waals surface area contributed by atoms with Gasteiger partial charge < -0.3 is 20.3 Å². The van der Waals surface area contributed by atoms with Gasteiger partial charge in [-0.05, 0) is 37.0 Å². The third-order valence-corrected chi connectivity index (χ3v) is 4.56. The number of benzene rings is 1. The van der Waals surface area contributed by atoms with E-state index in [9.17, 15) is 4.79 Å². The van der Waals surface area contributed by atoms with Crippen molar-refractivity contribution in [3.8, 4) is 5.75 Å². The molecule has 1 heterocycles. The van der Waals surface area contributed by atoms with Crippen LogP contribution in [0.25, 0.3) is 0 Å². The minimum atomic E-state index is 0. The number of ether oxygens (including phenoxy) is 1. The molecule has 0 spiro atoms. The number of guanidine groups is 1. The second-order valence-electron chi connectivity index (χ2n) is 6.09. The van der Waals surface area contributed by atoms with Crippen LogP contribution in [0.4, 0.5) is 0 Å². The number of amides is 1. The fourth-order valence-corrected chi connectivity index (χ4v) is 3.11. The maximum atomic E-state index is 11.5. The van der Waals surface area contributed by atoms with E-state index in [-0.39, 0.29) is 29.9 Å². The van der Waals surface area contributed by atoms with Gasteiger partial charge in [0.05, 0.1) is 6.54 Å². The molecule has 1 amide bonds. The molecule has 2 N–H and O–H groups in total. The van der Waals surface area contributed by atoms with E-state index < -0.39 is 0 Å². The molecule has 146 valence electrons. The molecule has 0 unspecified atom stereocenters. The molecular weight excluding hydrogens is 467 g/mol. The lowest BCUT2D eigenvalue weighted by Gasteiger charge is -2.34. The molecule has 26 heavy (non-hydrogen) atoms. The second kappa shape index (κ2) is 12.2. The van der Waals surface area contributed by atoms with Crippen LogP contribution in [0.15, 0.2) is 29.3 Å². The molecule has 0 aromatic heterocycles. The Morgan fingerprint density at radius 2 is 2.12 bits per heavy atom. The quantitative estimate of drug-likeness (QED) is 0.276. The van der Waals surface area contributed by atoms with Crippen LogP contribution in [0.3, 0.4) is 0 Å². The molecule has 1 saturated heterocycles. The van der Waals surface area contributed by atoms with Gasteiger partial charge in [0.2, 0.25) is 5.91 Å². The highest BCUT2D eigenvalue weighted by Gasteiger charge is 2.22. The van der Waals surface area contributed by atoms with Gasteiger partial charge in [-0.3, -0.25) is 9.79 Å². The Morgan fingerprint density at radius 1 is 1.38 bits per heavy atom. The van der Waals surface area contributed by atoms with Crippen LogP contribution < -0.4 is 15.4 Å². The summed E-state index contributed by atoms with van der Waals surface area (Å²) in [4.78, 5) is 18.1. The Kier molecular flexibility index (Phi) is 10.7. The van der Waals surface area contributed by atoms with E-state index in [2.05, 4.69) is 20.5 Å². The SMILES string of the molecule is CN=C(NCCOc1cccc(Cl)c1)N1CCC(CC(=O)NC)CC1.I. The number of hydrogen-bond donors (Lipinski definition) is 2. The van der Waals surface area contributed by atoms with E-state index >= 15 is 0 Å². The summed E-state index contributed by atoms with van der Waals surface area (Å²) >= 11 is 5.94. The van der Waals surface area contributed by atoms with Crippen molar-refractivity contribution in [1.82, 2.24) is 15.5 Å². The number of piperidine rings is 1. The minimum Gasteiger partial charge on any atom is -0.492 e. The van der Waals surface area contributed by atoms with E-state index in [4.69, 9.17) is 16.3 Å². The molecule has 0 aliphatic carbocycles. The van der Waals surface area contributed by atoms with Gasteiger partial charge in [-0.1, -0.05) is 17.7 Å². The minimum absolute atomic E-state index is 0. The molecule has 2 rings (SSSR count). The number of hydrogen-bond acceptors (Lipinski definition) is 3. The topological polar surface area (TPSA) is 66.0 Å². The van der Waals surface area contributed by atoms with Crippen LogP contribution >= 0.6 is 35.6 Å². The Balaban J connectivity index is 0.00000338. The summed E-state index contributed by atoms with van der Waals surface area (Å²) in [5.74, 6) is 2.23. The maximum absolute atomic E-state index is 11.5. The normalized spacial score (nSPS) is 15.2. The number of aliphatic imine (C=N–C) groups is 1. The summed E-state index contributed by atoms with van der Waals surface area (Å²) in [6, 6.07) is 7.38. The number of carbonyl (C=O) groups is 1. The summed E-state index contributed by atoms with van der Waals surface area (Å²) in [5.41, 5.74) is 0. The van der Waals surface area contributed by atoms with Crippen molar-refractivity contribution >= 4 is 47.4 Å². The van der Waals surface area contributed by atoms with Crippen molar-refractivity contribution in [3.63, 3.8) is 0 Å². The molecule has 1 aliphatic rings. The van der Waals surface area contributed by atoms with E-state index in [1.54, 1.807) is 20.2 Å². The van der Waals surface area contributed by atoms with E-state index in [1.165, 1.54) is 0 Å². The van der Waals surface area contributed by atoms with Crippen molar-refractivity contribution in [3.05, 3.63) is 29.3 Å². The number of nitrogens with zero attached hydrogens (tertiary/aromatic N) is 2. The zero-order valence-electron chi connectivity index (χ0n) is 15.3. The molecular formula is C18H28ClIN4O2. The van der Waals surface area contributed by atoms with Crippen molar-refractivity contribution in [2.24, 2.45) is 10.9 Å². The van der Waals surface area contributed by atoms with Gasteiger partial charge in [0.1, 0.15) is 12.4 Å². The van der Waals surface area contributed by atoms with Gasteiger partial charge in [0.25, 0.3) is 0 Å². The monoisotopic (exact) mass is 494 g/mol. The fourth-order valence-electron chi connectivity index (χ4n) is 2.93. The number of rotatable bonds is 6. The second-order valence-corrected chi connectivity index (χ2v) is 6.52.